The zero-order chi connectivity index (χ0) is 29.7. The molecule has 0 fully saturated rings. The van der Waals surface area contributed by atoms with Crippen molar-refractivity contribution in [3.05, 3.63) is 116 Å². The van der Waals surface area contributed by atoms with E-state index in [0.717, 1.165) is 24.5 Å². The van der Waals surface area contributed by atoms with Gasteiger partial charge < -0.3 is 14.6 Å². The van der Waals surface area contributed by atoms with Crippen LogP contribution >= 0.6 is 56.9 Å². The maximum absolute atomic E-state index is 12.8. The molecular formula is C29H22I2N2O7S. The third-order valence-corrected chi connectivity index (χ3v) is 8.32. The summed E-state index contributed by atoms with van der Waals surface area (Å²) in [6.07, 6.45) is 1.69. The van der Waals surface area contributed by atoms with Crippen molar-refractivity contribution in [1.82, 2.24) is 0 Å². The average molecular weight is 796 g/mol. The fraction of sp³-hybridized carbons (Fsp3) is 0.138. The van der Waals surface area contributed by atoms with Crippen molar-refractivity contribution < 1.29 is 29.1 Å². The molecule has 1 aliphatic heterocycles. The van der Waals surface area contributed by atoms with Gasteiger partial charge in [-0.1, -0.05) is 41.6 Å². The van der Waals surface area contributed by atoms with E-state index in [2.05, 4.69) is 50.2 Å². The third-order valence-electron chi connectivity index (χ3n) is 5.69. The molecule has 0 spiro atoms. The molecule has 0 unspecified atom stereocenters. The highest BCUT2D eigenvalue weighted by molar-refractivity contribution is 14.1. The van der Waals surface area contributed by atoms with Crippen molar-refractivity contribution >= 4 is 85.6 Å². The Morgan fingerprint density at radius 2 is 1.78 bits per heavy atom. The van der Waals surface area contributed by atoms with E-state index in [9.17, 15) is 24.8 Å². The van der Waals surface area contributed by atoms with Gasteiger partial charge in [0.15, 0.2) is 0 Å². The fourth-order valence-corrected chi connectivity index (χ4v) is 6.85. The molecule has 0 saturated carbocycles. The molecule has 1 aliphatic rings. The van der Waals surface area contributed by atoms with Gasteiger partial charge in [0.05, 0.1) is 23.6 Å². The zero-order valence-electron chi connectivity index (χ0n) is 21.7. The normalized spacial score (nSPS) is 14.9. The van der Waals surface area contributed by atoms with Crippen LogP contribution in [0, 0.1) is 24.2 Å². The molecule has 1 amide bonds. The van der Waals surface area contributed by atoms with E-state index >= 15 is 0 Å². The number of aliphatic hydroxyl groups excluding tert-OH is 1. The Hall–Kier alpha value is -3.24. The van der Waals surface area contributed by atoms with E-state index in [-0.39, 0.29) is 35.3 Å². The Labute approximate surface area is 267 Å². The molecule has 1 N–H and O–H groups in total. The Morgan fingerprint density at radius 3 is 2.41 bits per heavy atom. The number of thioether (sulfide) groups is 1. The van der Waals surface area contributed by atoms with Crippen LogP contribution in [0.25, 0.3) is 6.08 Å². The predicted molar refractivity (Wildman–Crippen MR) is 174 cm³/mol. The SMILES string of the molecule is CCOC(=O)C1=C(O)/C(=C/c2cc(I)c(OCc3cccc([N+](=O)[O-])c3)c(I)c2)SC1=NC(=O)c1ccc(C)cc1. The van der Waals surface area contributed by atoms with Gasteiger partial charge in [0, 0.05) is 17.7 Å². The standard InChI is InChI=1S/C29H22I2N2O7S/c1-3-39-29(36)24-25(34)23(41-28(24)32-27(35)19-9-7-16(2)8-10-19)14-18-12-21(30)26(22(31)13-18)40-15-17-5-4-6-20(11-17)33(37)38/h4-14,34H,3,15H2,1-2H3/b23-14-,32-28?. The molecule has 3 aromatic rings. The number of ether oxygens (including phenoxy) is 2. The number of hydrogen-bond donors (Lipinski definition) is 1. The number of carbonyl (C=O) groups excluding carboxylic acids is 2. The number of aryl methyl sites for hydroxylation is 1. The van der Waals surface area contributed by atoms with E-state index < -0.39 is 16.8 Å². The summed E-state index contributed by atoms with van der Waals surface area (Å²) in [7, 11) is 0. The van der Waals surface area contributed by atoms with Crippen molar-refractivity contribution in [3.63, 3.8) is 0 Å². The second-order valence-corrected chi connectivity index (χ2v) is 12.0. The molecule has 1 heterocycles. The molecule has 4 rings (SSSR count). The zero-order valence-corrected chi connectivity index (χ0v) is 26.9. The first-order valence-corrected chi connectivity index (χ1v) is 15.1. The van der Waals surface area contributed by atoms with Crippen LogP contribution in [-0.4, -0.2) is 33.6 Å². The summed E-state index contributed by atoms with van der Waals surface area (Å²) in [5.41, 5.74) is 2.55. The van der Waals surface area contributed by atoms with Gasteiger partial charge >= 0.3 is 5.97 Å². The number of carbonyl (C=O) groups is 2. The third kappa shape index (κ3) is 7.54. The van der Waals surface area contributed by atoms with Crippen LogP contribution in [0.3, 0.4) is 0 Å². The van der Waals surface area contributed by atoms with E-state index in [1.807, 2.05) is 19.1 Å². The van der Waals surface area contributed by atoms with E-state index in [4.69, 9.17) is 9.47 Å². The first-order chi connectivity index (χ1) is 19.6. The first kappa shape index (κ1) is 30.7. The molecule has 0 aromatic heterocycles. The number of halogens is 2. The van der Waals surface area contributed by atoms with Crippen LogP contribution in [0.1, 0.15) is 34.0 Å². The van der Waals surface area contributed by atoms with Crippen LogP contribution < -0.4 is 4.74 Å². The Balaban J connectivity index is 1.61. The van der Waals surface area contributed by atoms with Gasteiger partial charge in [-0.3, -0.25) is 14.9 Å². The topological polar surface area (TPSA) is 128 Å². The van der Waals surface area contributed by atoms with E-state index in [1.54, 1.807) is 49.4 Å². The lowest BCUT2D eigenvalue weighted by Gasteiger charge is -2.12. The molecule has 9 nitrogen and oxygen atoms in total. The van der Waals surface area contributed by atoms with Crippen LogP contribution in [-0.2, 0) is 16.1 Å². The quantitative estimate of drug-likeness (QED) is 0.108. The number of nitrogens with zero attached hydrogens (tertiary/aromatic N) is 2. The number of amides is 1. The number of esters is 1. The van der Waals surface area contributed by atoms with Gasteiger partial charge in [-0.2, -0.15) is 0 Å². The molecular weight excluding hydrogens is 774 g/mol. The second kappa shape index (κ2) is 13.6. The van der Waals surface area contributed by atoms with Crippen molar-refractivity contribution in [3.8, 4) is 5.75 Å². The Bertz CT molecular complexity index is 1610. The lowest BCUT2D eigenvalue weighted by molar-refractivity contribution is -0.384. The molecule has 0 saturated heterocycles. The second-order valence-electron chi connectivity index (χ2n) is 8.67. The molecule has 0 aliphatic carbocycles. The Morgan fingerprint density at radius 1 is 1.10 bits per heavy atom. The summed E-state index contributed by atoms with van der Waals surface area (Å²) >= 11 is 5.26. The molecule has 0 radical (unpaired) electrons. The summed E-state index contributed by atoms with van der Waals surface area (Å²) in [5.74, 6) is -1.03. The first-order valence-electron chi connectivity index (χ1n) is 12.1. The number of aliphatic hydroxyl groups is 1. The minimum atomic E-state index is -0.773. The van der Waals surface area contributed by atoms with Crippen molar-refractivity contribution in [1.29, 1.82) is 0 Å². The minimum Gasteiger partial charge on any atom is -0.506 e. The fourth-order valence-electron chi connectivity index (χ4n) is 3.71. The smallest absolute Gasteiger partial charge is 0.344 e. The maximum atomic E-state index is 12.8. The van der Waals surface area contributed by atoms with Crippen molar-refractivity contribution in [2.24, 2.45) is 4.99 Å². The lowest BCUT2D eigenvalue weighted by Crippen LogP contribution is -2.14. The Kier molecular flexibility index (Phi) is 10.2. The van der Waals surface area contributed by atoms with Crippen molar-refractivity contribution in [2.75, 3.05) is 6.61 Å². The number of aliphatic imine (C=N–C) groups is 1. The number of non-ortho nitro benzene ring substituents is 1. The van der Waals surface area contributed by atoms with E-state index in [0.29, 0.717) is 27.3 Å². The van der Waals surface area contributed by atoms with Gasteiger partial charge in [0.1, 0.15) is 28.7 Å². The van der Waals surface area contributed by atoms with Crippen LogP contribution in [0.4, 0.5) is 5.69 Å². The van der Waals surface area contributed by atoms with Crippen molar-refractivity contribution in [2.45, 2.75) is 20.5 Å². The highest BCUT2D eigenvalue weighted by atomic mass is 127. The van der Waals surface area contributed by atoms with Gasteiger partial charge in [0.2, 0.25) is 0 Å². The number of hydrogen-bond acceptors (Lipinski definition) is 8. The summed E-state index contributed by atoms with van der Waals surface area (Å²) in [6.45, 7) is 3.79. The minimum absolute atomic E-state index is 0.00921. The van der Waals surface area contributed by atoms with Gasteiger partial charge in [-0.25, -0.2) is 9.79 Å². The van der Waals surface area contributed by atoms with Crippen LogP contribution in [0.5, 0.6) is 5.75 Å². The number of rotatable bonds is 8. The van der Waals surface area contributed by atoms with E-state index in [1.165, 1.54) is 12.1 Å². The summed E-state index contributed by atoms with van der Waals surface area (Å²) in [5, 5.41) is 22.1. The molecule has 0 atom stereocenters. The van der Waals surface area contributed by atoms with Gasteiger partial charge in [0.25, 0.3) is 11.6 Å². The predicted octanol–water partition coefficient (Wildman–Crippen LogP) is 7.39. The molecule has 41 heavy (non-hydrogen) atoms. The monoisotopic (exact) mass is 796 g/mol. The molecule has 0 bridgehead atoms. The molecule has 210 valence electrons. The summed E-state index contributed by atoms with van der Waals surface area (Å²) in [4.78, 5) is 40.6. The summed E-state index contributed by atoms with van der Waals surface area (Å²) in [6, 6.07) is 16.8. The largest absolute Gasteiger partial charge is 0.506 e. The van der Waals surface area contributed by atoms with Gasteiger partial charge in [-0.05, 0) is 100 Å². The van der Waals surface area contributed by atoms with Crippen LogP contribution in [0.15, 0.2) is 81.9 Å². The number of nitro groups is 1. The lowest BCUT2D eigenvalue weighted by atomic mass is 10.1. The average Bonchev–Trinajstić information content (AvgIpc) is 3.22. The highest BCUT2D eigenvalue weighted by Crippen LogP contribution is 2.40. The summed E-state index contributed by atoms with van der Waals surface area (Å²) < 4.78 is 12.6. The number of nitro benzene ring substituents is 1. The maximum Gasteiger partial charge on any atom is 0.344 e. The molecule has 12 heteroatoms. The number of benzene rings is 3. The highest BCUT2D eigenvalue weighted by Gasteiger charge is 2.34. The van der Waals surface area contributed by atoms with Gasteiger partial charge in [-0.15, -0.1) is 0 Å². The molecule has 3 aromatic carbocycles. The van der Waals surface area contributed by atoms with Crippen LogP contribution in [0.2, 0.25) is 0 Å².